The van der Waals surface area contributed by atoms with Gasteiger partial charge in [-0.2, -0.15) is 0 Å². The number of methoxy groups -OCH3 is 1. The normalized spacial score (nSPS) is 20.6. The fourth-order valence-corrected chi connectivity index (χ4v) is 3.44. The van der Waals surface area contributed by atoms with Crippen LogP contribution in [-0.4, -0.2) is 12.3 Å². The topological polar surface area (TPSA) is 61.3 Å². The number of rotatable bonds is 3. The number of nitrogen functional groups attached to an aromatic ring is 1. The molecule has 1 saturated carbocycles. The zero-order valence-corrected chi connectivity index (χ0v) is 12.8. The summed E-state index contributed by atoms with van der Waals surface area (Å²) in [5.74, 6) is 2.55. The molecular formula is C17H22N2O2. The number of aromatic nitrogens is 1. The highest BCUT2D eigenvalue weighted by Crippen LogP contribution is 2.52. The quantitative estimate of drug-likeness (QED) is 0.917. The highest BCUT2D eigenvalue weighted by Gasteiger charge is 2.40. The summed E-state index contributed by atoms with van der Waals surface area (Å²) < 4.78 is 10.9. The van der Waals surface area contributed by atoms with Crippen molar-refractivity contribution in [1.29, 1.82) is 0 Å². The summed E-state index contributed by atoms with van der Waals surface area (Å²) in [6.07, 6.45) is 3.55. The van der Waals surface area contributed by atoms with E-state index >= 15 is 0 Å². The molecule has 4 nitrogen and oxygen atoms in total. The lowest BCUT2D eigenvalue weighted by Crippen LogP contribution is -2.15. The molecule has 1 fully saturated rings. The Labute approximate surface area is 125 Å². The molecule has 1 atom stereocenters. The highest BCUT2D eigenvalue weighted by atomic mass is 16.5. The van der Waals surface area contributed by atoms with Crippen LogP contribution in [0.3, 0.4) is 0 Å². The highest BCUT2D eigenvalue weighted by molar-refractivity contribution is 5.77. The van der Waals surface area contributed by atoms with Gasteiger partial charge >= 0.3 is 0 Å². The Morgan fingerprint density at radius 2 is 2.19 bits per heavy atom. The lowest BCUT2D eigenvalue weighted by atomic mass is 9.79. The molecule has 1 unspecified atom stereocenters. The first kappa shape index (κ1) is 14.0. The molecule has 1 aromatic heterocycles. The molecule has 1 heterocycles. The fourth-order valence-electron chi connectivity index (χ4n) is 3.44. The summed E-state index contributed by atoms with van der Waals surface area (Å²) in [7, 11) is 1.66. The lowest BCUT2D eigenvalue weighted by Gasteiger charge is -2.25. The molecule has 0 spiro atoms. The van der Waals surface area contributed by atoms with Crippen LogP contribution in [0.25, 0.3) is 11.1 Å². The van der Waals surface area contributed by atoms with E-state index in [4.69, 9.17) is 15.0 Å². The molecule has 1 aromatic carbocycles. The zero-order valence-electron chi connectivity index (χ0n) is 12.8. The van der Waals surface area contributed by atoms with Crippen molar-refractivity contribution < 1.29 is 9.26 Å². The average Bonchev–Trinajstić information content (AvgIpc) is 3.00. The SMILES string of the molecule is COc1cccc(-c2c(N)noc2C2CCCC2(C)C)c1. The summed E-state index contributed by atoms with van der Waals surface area (Å²) >= 11 is 0. The molecule has 1 aliphatic carbocycles. The summed E-state index contributed by atoms with van der Waals surface area (Å²) in [6.45, 7) is 4.58. The van der Waals surface area contributed by atoms with E-state index in [0.717, 1.165) is 29.1 Å². The van der Waals surface area contributed by atoms with Crippen LogP contribution in [0.15, 0.2) is 28.8 Å². The Kier molecular flexibility index (Phi) is 3.40. The second-order valence-electron chi connectivity index (χ2n) is 6.47. The first-order valence-electron chi connectivity index (χ1n) is 7.42. The Hall–Kier alpha value is -1.97. The molecule has 112 valence electrons. The van der Waals surface area contributed by atoms with E-state index in [2.05, 4.69) is 19.0 Å². The maximum absolute atomic E-state index is 6.08. The third-order valence-electron chi connectivity index (χ3n) is 4.68. The van der Waals surface area contributed by atoms with Crippen LogP contribution >= 0.6 is 0 Å². The number of nitrogens with two attached hydrogens (primary N) is 1. The molecule has 3 rings (SSSR count). The van der Waals surface area contributed by atoms with Crippen molar-refractivity contribution in [2.75, 3.05) is 12.8 Å². The summed E-state index contributed by atoms with van der Waals surface area (Å²) in [4.78, 5) is 0. The molecule has 0 amide bonds. The summed E-state index contributed by atoms with van der Waals surface area (Å²) in [5, 5.41) is 4.02. The van der Waals surface area contributed by atoms with Crippen molar-refractivity contribution in [2.45, 2.75) is 39.0 Å². The van der Waals surface area contributed by atoms with Gasteiger partial charge in [-0.05, 0) is 36.0 Å². The first-order valence-corrected chi connectivity index (χ1v) is 7.42. The number of ether oxygens (including phenoxy) is 1. The van der Waals surface area contributed by atoms with Crippen LogP contribution in [0.2, 0.25) is 0 Å². The van der Waals surface area contributed by atoms with Crippen molar-refractivity contribution in [1.82, 2.24) is 5.16 Å². The standard InChI is InChI=1S/C17H22N2O2/c1-17(2)9-5-8-13(17)15-14(16(18)19-21-15)11-6-4-7-12(10-11)20-3/h4,6-7,10,13H,5,8-9H2,1-3H3,(H2,18,19). The number of hydrogen-bond donors (Lipinski definition) is 1. The van der Waals surface area contributed by atoms with Gasteiger partial charge < -0.3 is 15.0 Å². The third kappa shape index (κ3) is 2.39. The van der Waals surface area contributed by atoms with Crippen molar-refractivity contribution in [3.63, 3.8) is 0 Å². The Balaban J connectivity index is 2.09. The van der Waals surface area contributed by atoms with Gasteiger partial charge in [-0.15, -0.1) is 0 Å². The smallest absolute Gasteiger partial charge is 0.175 e. The minimum Gasteiger partial charge on any atom is -0.497 e. The molecule has 0 bridgehead atoms. The molecule has 0 radical (unpaired) electrons. The van der Waals surface area contributed by atoms with Crippen molar-refractivity contribution >= 4 is 5.82 Å². The Morgan fingerprint density at radius 3 is 2.86 bits per heavy atom. The van der Waals surface area contributed by atoms with Gasteiger partial charge in [-0.25, -0.2) is 0 Å². The maximum Gasteiger partial charge on any atom is 0.175 e. The van der Waals surface area contributed by atoms with Crippen molar-refractivity contribution in [2.24, 2.45) is 5.41 Å². The number of anilines is 1. The minimum absolute atomic E-state index is 0.222. The molecule has 2 aromatic rings. The molecule has 0 aliphatic heterocycles. The van der Waals surface area contributed by atoms with Crippen LogP contribution in [0.5, 0.6) is 5.75 Å². The van der Waals surface area contributed by atoms with Gasteiger partial charge in [0.15, 0.2) is 5.82 Å². The third-order valence-corrected chi connectivity index (χ3v) is 4.68. The van der Waals surface area contributed by atoms with E-state index in [1.807, 2.05) is 24.3 Å². The Bertz CT molecular complexity index is 646. The number of benzene rings is 1. The van der Waals surface area contributed by atoms with Gasteiger partial charge in [0.2, 0.25) is 0 Å². The maximum atomic E-state index is 6.08. The van der Waals surface area contributed by atoms with Crippen LogP contribution in [0, 0.1) is 5.41 Å². The second-order valence-corrected chi connectivity index (χ2v) is 6.47. The molecule has 2 N–H and O–H groups in total. The number of nitrogens with zero attached hydrogens (tertiary/aromatic N) is 1. The summed E-state index contributed by atoms with van der Waals surface area (Å²) in [5.41, 5.74) is 8.23. The predicted octanol–water partition coefficient (Wildman–Crippen LogP) is 4.23. The van der Waals surface area contributed by atoms with E-state index in [9.17, 15) is 0 Å². The Morgan fingerprint density at radius 1 is 1.38 bits per heavy atom. The van der Waals surface area contributed by atoms with Crippen LogP contribution < -0.4 is 10.5 Å². The number of hydrogen-bond acceptors (Lipinski definition) is 4. The monoisotopic (exact) mass is 286 g/mol. The van der Waals surface area contributed by atoms with Gasteiger partial charge in [-0.1, -0.05) is 37.6 Å². The minimum atomic E-state index is 0.222. The van der Waals surface area contributed by atoms with E-state index < -0.39 is 0 Å². The van der Waals surface area contributed by atoms with Crippen molar-refractivity contribution in [3.05, 3.63) is 30.0 Å². The zero-order chi connectivity index (χ0) is 15.0. The van der Waals surface area contributed by atoms with Crippen LogP contribution in [0.1, 0.15) is 44.8 Å². The van der Waals surface area contributed by atoms with Crippen molar-refractivity contribution in [3.8, 4) is 16.9 Å². The summed E-state index contributed by atoms with van der Waals surface area (Å²) in [6, 6.07) is 7.89. The molecule has 4 heteroatoms. The lowest BCUT2D eigenvalue weighted by molar-refractivity contribution is 0.269. The molecular weight excluding hydrogens is 264 g/mol. The molecule has 21 heavy (non-hydrogen) atoms. The largest absolute Gasteiger partial charge is 0.497 e. The van der Waals surface area contributed by atoms with Gasteiger partial charge in [-0.3, -0.25) is 0 Å². The van der Waals surface area contributed by atoms with Gasteiger partial charge in [0.1, 0.15) is 11.5 Å². The van der Waals surface area contributed by atoms with E-state index in [1.54, 1.807) is 7.11 Å². The van der Waals surface area contributed by atoms with Gasteiger partial charge in [0.25, 0.3) is 0 Å². The van der Waals surface area contributed by atoms with E-state index in [-0.39, 0.29) is 5.41 Å². The van der Waals surface area contributed by atoms with E-state index in [1.165, 1.54) is 12.8 Å². The molecule has 0 saturated heterocycles. The predicted molar refractivity (Wildman–Crippen MR) is 83.3 cm³/mol. The van der Waals surface area contributed by atoms with E-state index in [0.29, 0.717) is 11.7 Å². The van der Waals surface area contributed by atoms with Gasteiger partial charge in [0.05, 0.1) is 12.7 Å². The van der Waals surface area contributed by atoms with Crippen LogP contribution in [-0.2, 0) is 0 Å². The second kappa shape index (κ2) is 5.10. The fraction of sp³-hybridized carbons (Fsp3) is 0.471. The molecule has 1 aliphatic rings. The van der Waals surface area contributed by atoms with Gasteiger partial charge in [0, 0.05) is 5.92 Å². The first-order chi connectivity index (χ1) is 10.0. The van der Waals surface area contributed by atoms with Crippen LogP contribution in [0.4, 0.5) is 5.82 Å². The average molecular weight is 286 g/mol.